The van der Waals surface area contributed by atoms with E-state index in [9.17, 15) is 4.79 Å². The normalized spacial score (nSPS) is 21.1. The summed E-state index contributed by atoms with van der Waals surface area (Å²) in [5.74, 6) is 2.43. The van der Waals surface area contributed by atoms with Crippen molar-refractivity contribution in [3.63, 3.8) is 0 Å². The van der Waals surface area contributed by atoms with Crippen molar-refractivity contribution in [2.45, 2.75) is 45.7 Å². The summed E-state index contributed by atoms with van der Waals surface area (Å²) in [4.78, 5) is 15.4. The maximum atomic E-state index is 13.5. The highest BCUT2D eigenvalue weighted by Gasteiger charge is 2.47. The van der Waals surface area contributed by atoms with Crippen LogP contribution in [0.25, 0.3) is 0 Å². The van der Waals surface area contributed by atoms with Gasteiger partial charge in [-0.15, -0.1) is 10.2 Å². The van der Waals surface area contributed by atoms with E-state index in [0.717, 1.165) is 28.7 Å². The summed E-state index contributed by atoms with van der Waals surface area (Å²) in [6, 6.07) is 7.99. The molecule has 7 heteroatoms. The minimum atomic E-state index is -0.378. The van der Waals surface area contributed by atoms with Gasteiger partial charge in [0.2, 0.25) is 5.91 Å². The lowest BCUT2D eigenvalue weighted by molar-refractivity contribution is -0.147. The van der Waals surface area contributed by atoms with Gasteiger partial charge < -0.3 is 14.8 Å². The third kappa shape index (κ3) is 3.25. The fourth-order valence-electron chi connectivity index (χ4n) is 4.22. The van der Waals surface area contributed by atoms with Crippen LogP contribution in [0.1, 0.15) is 49.9 Å². The summed E-state index contributed by atoms with van der Waals surface area (Å²) < 4.78 is 2.21. The molecule has 1 saturated heterocycles. The average Bonchev–Trinajstić information content (AvgIpc) is 3.04. The van der Waals surface area contributed by atoms with Crippen LogP contribution in [0.3, 0.4) is 0 Å². The molecule has 6 nitrogen and oxygen atoms in total. The van der Waals surface area contributed by atoms with E-state index < -0.39 is 0 Å². The Bertz CT molecular complexity index is 841. The molecule has 4 rings (SSSR count). The zero-order valence-corrected chi connectivity index (χ0v) is 16.8. The van der Waals surface area contributed by atoms with E-state index in [1.807, 2.05) is 29.2 Å². The summed E-state index contributed by atoms with van der Waals surface area (Å²) in [5, 5.41) is 12.7. The first kappa shape index (κ1) is 18.4. The van der Waals surface area contributed by atoms with Gasteiger partial charge in [-0.05, 0) is 31.0 Å². The largest absolute Gasteiger partial charge is 0.333 e. The second kappa shape index (κ2) is 6.91. The Morgan fingerprint density at radius 2 is 2.00 bits per heavy atom. The van der Waals surface area contributed by atoms with Crippen LogP contribution in [0.4, 0.5) is 0 Å². The van der Waals surface area contributed by atoms with Gasteiger partial charge in [0.25, 0.3) is 0 Å². The smallest absolute Gasteiger partial charge is 0.232 e. The number of nitrogens with zero attached hydrogens (tertiary/aromatic N) is 4. The highest BCUT2D eigenvalue weighted by Crippen LogP contribution is 2.34. The summed E-state index contributed by atoms with van der Waals surface area (Å²) in [5.41, 5.74) is 0.765. The topological polar surface area (TPSA) is 63.1 Å². The molecular formula is C20H26ClN5O. The molecule has 0 saturated carbocycles. The number of carbonyl (C=O) groups excluding carboxylic acids is 1. The number of halogens is 1. The van der Waals surface area contributed by atoms with Crippen LogP contribution in [0.15, 0.2) is 24.3 Å². The predicted octanol–water partition coefficient (Wildman–Crippen LogP) is 2.79. The lowest BCUT2D eigenvalue weighted by Crippen LogP contribution is -2.63. The van der Waals surface area contributed by atoms with Crippen LogP contribution in [-0.2, 0) is 17.8 Å². The van der Waals surface area contributed by atoms with Crippen LogP contribution in [0, 0.1) is 5.41 Å². The highest BCUT2D eigenvalue weighted by molar-refractivity contribution is 6.30. The predicted molar refractivity (Wildman–Crippen MR) is 105 cm³/mol. The third-order valence-electron chi connectivity index (χ3n) is 5.69. The molecule has 3 heterocycles. The Hall–Kier alpha value is -1.92. The third-order valence-corrected chi connectivity index (χ3v) is 5.94. The molecule has 0 aliphatic carbocycles. The zero-order chi connectivity index (χ0) is 19.2. The van der Waals surface area contributed by atoms with Crippen molar-refractivity contribution in [1.82, 2.24) is 25.0 Å². The van der Waals surface area contributed by atoms with Gasteiger partial charge in [0.15, 0.2) is 5.82 Å². The van der Waals surface area contributed by atoms with Crippen molar-refractivity contribution in [3.8, 4) is 0 Å². The van der Waals surface area contributed by atoms with E-state index in [2.05, 4.69) is 40.9 Å². The molecule has 27 heavy (non-hydrogen) atoms. The Kier molecular flexibility index (Phi) is 4.72. The monoisotopic (exact) mass is 387 g/mol. The first-order valence-electron chi connectivity index (χ1n) is 9.58. The Morgan fingerprint density at radius 3 is 2.59 bits per heavy atom. The maximum Gasteiger partial charge on any atom is 0.232 e. The van der Waals surface area contributed by atoms with Crippen molar-refractivity contribution >= 4 is 17.5 Å². The van der Waals surface area contributed by atoms with E-state index in [1.165, 1.54) is 0 Å². The summed E-state index contributed by atoms with van der Waals surface area (Å²) >= 11 is 6.00. The number of benzene rings is 1. The second-order valence-electron chi connectivity index (χ2n) is 8.22. The quantitative estimate of drug-likeness (QED) is 0.876. The molecule has 0 bridgehead atoms. The molecule has 144 valence electrons. The number of rotatable bonds is 4. The number of carbonyl (C=O) groups is 1. The zero-order valence-electron chi connectivity index (χ0n) is 16.1. The Balaban J connectivity index is 1.55. The molecule has 0 radical (unpaired) electrons. The number of amides is 1. The van der Waals surface area contributed by atoms with E-state index in [0.29, 0.717) is 32.1 Å². The van der Waals surface area contributed by atoms with Crippen LogP contribution >= 0.6 is 11.6 Å². The highest BCUT2D eigenvalue weighted by atomic mass is 35.5. The van der Waals surface area contributed by atoms with Crippen LogP contribution in [0.2, 0.25) is 5.02 Å². The van der Waals surface area contributed by atoms with Gasteiger partial charge >= 0.3 is 0 Å². The molecule has 2 aromatic rings. The molecule has 1 N–H and O–H groups in total. The molecule has 1 amide bonds. The van der Waals surface area contributed by atoms with E-state index in [-0.39, 0.29) is 17.4 Å². The lowest BCUT2D eigenvalue weighted by atomic mass is 9.75. The fraction of sp³-hybridized carbons (Fsp3) is 0.550. The molecule has 2 aliphatic heterocycles. The van der Waals surface area contributed by atoms with Crippen LogP contribution < -0.4 is 5.32 Å². The standard InChI is InChI=1S/C20H26ClN5O/c1-13(2)18-24-23-17-10-25(9-14(3)26(17)18)19(27)20(11-22-12-20)8-15-4-6-16(21)7-5-15/h4-7,13-14,22H,8-12H2,1-3H3/t14-/m0/s1. The first-order chi connectivity index (χ1) is 12.9. The van der Waals surface area contributed by atoms with E-state index in [1.54, 1.807) is 0 Å². The molecule has 1 aromatic carbocycles. The van der Waals surface area contributed by atoms with Gasteiger partial charge in [-0.2, -0.15) is 0 Å². The molecule has 2 aliphatic rings. The summed E-state index contributed by atoms with van der Waals surface area (Å²) in [6.45, 7) is 9.05. The minimum absolute atomic E-state index is 0.186. The minimum Gasteiger partial charge on any atom is -0.333 e. The molecule has 0 unspecified atom stereocenters. The van der Waals surface area contributed by atoms with Gasteiger partial charge in [-0.1, -0.05) is 37.6 Å². The number of hydrogen-bond acceptors (Lipinski definition) is 4. The SMILES string of the molecule is CC(C)c1nnc2n1[C@@H](C)CN(C(=O)C1(Cc3ccc(Cl)cc3)CNC1)C2. The van der Waals surface area contributed by atoms with Crippen LogP contribution in [-0.4, -0.2) is 45.2 Å². The number of aromatic nitrogens is 3. The lowest BCUT2D eigenvalue weighted by Gasteiger charge is -2.46. The molecule has 0 spiro atoms. The van der Waals surface area contributed by atoms with Gasteiger partial charge in [0.1, 0.15) is 5.82 Å². The van der Waals surface area contributed by atoms with Crippen molar-refractivity contribution < 1.29 is 4.79 Å². The van der Waals surface area contributed by atoms with Gasteiger partial charge in [0, 0.05) is 30.6 Å². The maximum absolute atomic E-state index is 13.5. The molecule has 1 atom stereocenters. The van der Waals surface area contributed by atoms with Crippen molar-refractivity contribution in [2.24, 2.45) is 5.41 Å². The van der Waals surface area contributed by atoms with E-state index >= 15 is 0 Å². The Labute approximate surface area is 164 Å². The summed E-state index contributed by atoms with van der Waals surface area (Å²) in [6.07, 6.45) is 0.727. The van der Waals surface area contributed by atoms with Crippen molar-refractivity contribution in [2.75, 3.05) is 19.6 Å². The van der Waals surface area contributed by atoms with Crippen LogP contribution in [0.5, 0.6) is 0 Å². The number of nitrogens with one attached hydrogen (secondary N) is 1. The second-order valence-corrected chi connectivity index (χ2v) is 8.66. The first-order valence-corrected chi connectivity index (χ1v) is 9.95. The van der Waals surface area contributed by atoms with Gasteiger partial charge in [-0.25, -0.2) is 0 Å². The molecule has 1 aromatic heterocycles. The van der Waals surface area contributed by atoms with Gasteiger partial charge in [0.05, 0.1) is 18.0 Å². The molecular weight excluding hydrogens is 362 g/mol. The van der Waals surface area contributed by atoms with Crippen molar-refractivity contribution in [1.29, 1.82) is 0 Å². The van der Waals surface area contributed by atoms with Crippen molar-refractivity contribution in [3.05, 3.63) is 46.5 Å². The number of fused-ring (bicyclic) bond motifs is 1. The van der Waals surface area contributed by atoms with Gasteiger partial charge in [-0.3, -0.25) is 4.79 Å². The Morgan fingerprint density at radius 1 is 1.30 bits per heavy atom. The fourth-order valence-corrected chi connectivity index (χ4v) is 4.34. The van der Waals surface area contributed by atoms with E-state index in [4.69, 9.17) is 11.6 Å². The summed E-state index contributed by atoms with van der Waals surface area (Å²) in [7, 11) is 0. The number of hydrogen-bond donors (Lipinski definition) is 1. The molecule has 1 fully saturated rings. The average molecular weight is 388 g/mol.